The van der Waals surface area contributed by atoms with Crippen LogP contribution in [-0.2, 0) is 6.42 Å². The van der Waals surface area contributed by atoms with Gasteiger partial charge in [-0.25, -0.2) is 0 Å². The Morgan fingerprint density at radius 1 is 1.33 bits per heavy atom. The number of rotatable bonds is 1. The minimum atomic E-state index is 0.264. The van der Waals surface area contributed by atoms with Crippen LogP contribution in [0.25, 0.3) is 0 Å². The Morgan fingerprint density at radius 3 is 2.94 bits per heavy atom. The fourth-order valence-electron chi connectivity index (χ4n) is 2.12. The van der Waals surface area contributed by atoms with Crippen molar-refractivity contribution in [3.05, 3.63) is 46.5 Å². The first-order valence-electron chi connectivity index (χ1n) is 5.54. The van der Waals surface area contributed by atoms with Gasteiger partial charge < -0.3 is 9.84 Å². The van der Waals surface area contributed by atoms with Gasteiger partial charge in [-0.2, -0.15) is 0 Å². The van der Waals surface area contributed by atoms with Gasteiger partial charge in [-0.1, -0.05) is 29.4 Å². The zero-order valence-corrected chi connectivity index (χ0v) is 11.3. The van der Waals surface area contributed by atoms with Crippen molar-refractivity contribution in [1.82, 2.24) is 0 Å². The molecule has 0 atom stereocenters. The Labute approximate surface area is 115 Å². The summed E-state index contributed by atoms with van der Waals surface area (Å²) >= 11 is 7.77. The maximum absolute atomic E-state index is 10.0. The van der Waals surface area contributed by atoms with E-state index in [4.69, 9.17) is 16.3 Å². The van der Waals surface area contributed by atoms with E-state index in [9.17, 15) is 5.11 Å². The smallest absolute Gasteiger partial charge is 0.133 e. The zero-order chi connectivity index (χ0) is 12.7. The largest absolute Gasteiger partial charge is 0.507 e. The molecule has 3 rings (SSSR count). The fraction of sp³-hybridized carbons (Fsp3) is 0.143. The van der Waals surface area contributed by atoms with Gasteiger partial charge in [0.05, 0.1) is 12.0 Å². The third-order valence-corrected chi connectivity index (χ3v) is 4.64. The molecule has 1 N–H and O–H groups in total. The second-order valence-corrected chi connectivity index (χ2v) is 5.59. The number of phenols is 1. The highest BCUT2D eigenvalue weighted by atomic mass is 35.5. The standard InChI is InChI=1S/C14H11ClO2S/c1-17-9-5-8-6-10-11(15)3-2-4-13(10)18-14(8)12(16)7-9/h2-5,7,16H,6H2,1H3. The quantitative estimate of drug-likeness (QED) is 0.726. The number of aromatic hydroxyl groups is 1. The summed E-state index contributed by atoms with van der Waals surface area (Å²) < 4.78 is 5.18. The number of benzene rings is 2. The fourth-order valence-corrected chi connectivity index (χ4v) is 3.51. The Hall–Kier alpha value is -1.32. The highest BCUT2D eigenvalue weighted by molar-refractivity contribution is 7.99. The van der Waals surface area contributed by atoms with E-state index in [0.717, 1.165) is 32.4 Å². The molecular weight excluding hydrogens is 268 g/mol. The van der Waals surface area contributed by atoms with E-state index in [0.29, 0.717) is 5.75 Å². The van der Waals surface area contributed by atoms with Gasteiger partial charge in [0.2, 0.25) is 0 Å². The van der Waals surface area contributed by atoms with Crippen LogP contribution in [0.4, 0.5) is 0 Å². The third-order valence-electron chi connectivity index (χ3n) is 3.01. The molecule has 2 aromatic rings. The Kier molecular flexibility index (Phi) is 2.88. The summed E-state index contributed by atoms with van der Waals surface area (Å²) in [5.41, 5.74) is 2.17. The molecule has 0 unspecified atom stereocenters. The van der Waals surface area contributed by atoms with Gasteiger partial charge in [-0.15, -0.1) is 0 Å². The molecule has 18 heavy (non-hydrogen) atoms. The molecule has 1 aliphatic heterocycles. The first kappa shape index (κ1) is 11.8. The third kappa shape index (κ3) is 1.84. The average Bonchev–Trinajstić information content (AvgIpc) is 2.38. The van der Waals surface area contributed by atoms with Crippen molar-refractivity contribution >= 4 is 23.4 Å². The Balaban J connectivity index is 2.13. The van der Waals surface area contributed by atoms with Crippen molar-refractivity contribution in [2.45, 2.75) is 16.2 Å². The number of halogens is 1. The highest BCUT2D eigenvalue weighted by Gasteiger charge is 2.21. The van der Waals surface area contributed by atoms with E-state index >= 15 is 0 Å². The SMILES string of the molecule is COc1cc(O)c2c(c1)Cc1c(Cl)cccc1S2. The van der Waals surface area contributed by atoms with Crippen molar-refractivity contribution in [2.75, 3.05) is 7.11 Å². The molecule has 2 aromatic carbocycles. The van der Waals surface area contributed by atoms with Crippen LogP contribution in [-0.4, -0.2) is 12.2 Å². The van der Waals surface area contributed by atoms with Crippen LogP contribution < -0.4 is 4.74 Å². The lowest BCUT2D eigenvalue weighted by atomic mass is 10.0. The summed E-state index contributed by atoms with van der Waals surface area (Å²) in [6.07, 6.45) is 0.724. The predicted octanol–water partition coefficient (Wildman–Crippen LogP) is 4.11. The summed E-state index contributed by atoms with van der Waals surface area (Å²) in [5.74, 6) is 0.933. The van der Waals surface area contributed by atoms with Gasteiger partial charge in [0, 0.05) is 22.4 Å². The number of ether oxygens (including phenoxy) is 1. The molecule has 2 nitrogen and oxygen atoms in total. The number of methoxy groups -OCH3 is 1. The first-order chi connectivity index (χ1) is 8.69. The van der Waals surface area contributed by atoms with Gasteiger partial charge in [-0.3, -0.25) is 0 Å². The van der Waals surface area contributed by atoms with E-state index in [2.05, 4.69) is 0 Å². The maximum Gasteiger partial charge on any atom is 0.133 e. The van der Waals surface area contributed by atoms with Crippen molar-refractivity contribution < 1.29 is 9.84 Å². The summed E-state index contributed by atoms with van der Waals surface area (Å²) in [7, 11) is 1.60. The van der Waals surface area contributed by atoms with E-state index in [1.54, 1.807) is 24.9 Å². The minimum absolute atomic E-state index is 0.264. The summed E-state index contributed by atoms with van der Waals surface area (Å²) in [4.78, 5) is 2.00. The first-order valence-corrected chi connectivity index (χ1v) is 6.73. The molecule has 0 bridgehead atoms. The molecule has 0 saturated carbocycles. The lowest BCUT2D eigenvalue weighted by Gasteiger charge is -2.21. The molecule has 1 heterocycles. The molecule has 4 heteroatoms. The Morgan fingerprint density at radius 2 is 2.17 bits per heavy atom. The van der Waals surface area contributed by atoms with Crippen molar-refractivity contribution in [3.8, 4) is 11.5 Å². The van der Waals surface area contributed by atoms with Gasteiger partial charge in [-0.05, 0) is 29.3 Å². The van der Waals surface area contributed by atoms with E-state index in [-0.39, 0.29) is 5.75 Å². The lowest BCUT2D eigenvalue weighted by Crippen LogP contribution is -2.01. The molecule has 0 fully saturated rings. The summed E-state index contributed by atoms with van der Waals surface area (Å²) in [5, 5.41) is 10.8. The topological polar surface area (TPSA) is 29.5 Å². The van der Waals surface area contributed by atoms with Crippen LogP contribution in [0.1, 0.15) is 11.1 Å². The van der Waals surface area contributed by atoms with Gasteiger partial charge >= 0.3 is 0 Å². The van der Waals surface area contributed by atoms with Gasteiger partial charge in [0.25, 0.3) is 0 Å². The van der Waals surface area contributed by atoms with Crippen LogP contribution in [0.15, 0.2) is 40.1 Å². The number of fused-ring (bicyclic) bond motifs is 2. The second-order valence-electron chi connectivity index (χ2n) is 4.13. The number of hydrogen-bond acceptors (Lipinski definition) is 3. The molecule has 1 aliphatic rings. The molecule has 0 amide bonds. The molecule has 0 aliphatic carbocycles. The van der Waals surface area contributed by atoms with Gasteiger partial charge in [0.15, 0.2) is 0 Å². The molecule has 92 valence electrons. The highest BCUT2D eigenvalue weighted by Crippen LogP contribution is 2.47. The number of hydrogen-bond donors (Lipinski definition) is 1. The van der Waals surface area contributed by atoms with Crippen molar-refractivity contribution in [3.63, 3.8) is 0 Å². The predicted molar refractivity (Wildman–Crippen MR) is 73.0 cm³/mol. The molecule has 0 spiro atoms. The van der Waals surface area contributed by atoms with Crippen molar-refractivity contribution in [1.29, 1.82) is 0 Å². The molecular formula is C14H11ClO2S. The monoisotopic (exact) mass is 278 g/mol. The van der Waals surface area contributed by atoms with E-state index in [1.165, 1.54) is 0 Å². The number of phenolic OH excluding ortho intramolecular Hbond substituents is 1. The van der Waals surface area contributed by atoms with E-state index < -0.39 is 0 Å². The van der Waals surface area contributed by atoms with Gasteiger partial charge in [0.1, 0.15) is 11.5 Å². The zero-order valence-electron chi connectivity index (χ0n) is 9.74. The summed E-state index contributed by atoms with van der Waals surface area (Å²) in [6.45, 7) is 0. The normalized spacial score (nSPS) is 12.8. The van der Waals surface area contributed by atoms with Crippen LogP contribution >= 0.6 is 23.4 Å². The van der Waals surface area contributed by atoms with Crippen LogP contribution in [0.2, 0.25) is 5.02 Å². The van der Waals surface area contributed by atoms with Crippen LogP contribution in [0.3, 0.4) is 0 Å². The molecule has 0 aromatic heterocycles. The average molecular weight is 279 g/mol. The summed E-state index contributed by atoms with van der Waals surface area (Å²) in [6, 6.07) is 9.44. The maximum atomic E-state index is 10.0. The second kappa shape index (κ2) is 4.41. The van der Waals surface area contributed by atoms with Crippen LogP contribution in [0.5, 0.6) is 11.5 Å². The van der Waals surface area contributed by atoms with Crippen LogP contribution in [0, 0.1) is 0 Å². The lowest BCUT2D eigenvalue weighted by molar-refractivity contribution is 0.404. The minimum Gasteiger partial charge on any atom is -0.507 e. The molecule has 0 radical (unpaired) electrons. The Bertz CT molecular complexity index is 625. The van der Waals surface area contributed by atoms with Crippen molar-refractivity contribution in [2.24, 2.45) is 0 Å². The van der Waals surface area contributed by atoms with E-state index in [1.807, 2.05) is 24.3 Å². The molecule has 0 saturated heterocycles.